The van der Waals surface area contributed by atoms with Crippen molar-refractivity contribution in [3.05, 3.63) is 134 Å². The fourth-order valence-corrected chi connectivity index (χ4v) is 5.07. The van der Waals surface area contributed by atoms with Gasteiger partial charge in [0.1, 0.15) is 24.2 Å². The van der Waals surface area contributed by atoms with Gasteiger partial charge in [0.05, 0.1) is 31.2 Å². The molecule has 6 heterocycles. The van der Waals surface area contributed by atoms with Crippen molar-refractivity contribution in [1.82, 2.24) is 58.6 Å². The topological polar surface area (TPSA) is 315 Å². The summed E-state index contributed by atoms with van der Waals surface area (Å²) in [4.78, 5) is 58.0. The number of imidazole rings is 2. The van der Waals surface area contributed by atoms with Crippen LogP contribution in [0.2, 0.25) is 0 Å². The quantitative estimate of drug-likeness (QED) is 0.115. The Hall–Kier alpha value is -9.15. The van der Waals surface area contributed by atoms with Crippen LogP contribution in [0, 0.1) is 0 Å². The van der Waals surface area contributed by atoms with Crippen LogP contribution in [0.1, 0.15) is 20.7 Å². The smallest absolute Gasteiger partial charge is 0.338 e. The Morgan fingerprint density at radius 1 is 0.650 bits per heavy atom. The molecule has 304 valence electrons. The fourth-order valence-electron chi connectivity index (χ4n) is 5.07. The highest BCUT2D eigenvalue weighted by Crippen LogP contribution is 2.29. The number of hydrogen-bond acceptors (Lipinski definition) is 17. The number of carboxylic acids is 1. The third kappa shape index (κ3) is 9.80. The highest BCUT2D eigenvalue weighted by molar-refractivity contribution is 5.94. The number of nitrogens with zero attached hydrogens (tertiary/aromatic N) is 12. The number of ether oxygens (including phenoxy) is 2. The second-order valence-electron chi connectivity index (χ2n) is 11.8. The molecule has 9 N–H and O–H groups in total. The molecular weight excluding hydrogens is 779 g/mol. The summed E-state index contributed by atoms with van der Waals surface area (Å²) in [6, 6.07) is 19.7. The van der Waals surface area contributed by atoms with Gasteiger partial charge in [-0.3, -0.25) is 13.9 Å². The van der Waals surface area contributed by atoms with E-state index in [0.29, 0.717) is 40.1 Å². The predicted octanol–water partition coefficient (Wildman–Crippen LogP) is 3.39. The number of hydrogen-bond donors (Lipinski definition) is 6. The van der Waals surface area contributed by atoms with Crippen LogP contribution in [0.3, 0.4) is 0 Å². The van der Waals surface area contributed by atoms with Crippen molar-refractivity contribution in [1.29, 1.82) is 0 Å². The van der Waals surface area contributed by atoms with Crippen molar-refractivity contribution in [2.45, 2.75) is 0 Å². The van der Waals surface area contributed by atoms with Crippen LogP contribution < -0.4 is 37.3 Å². The minimum absolute atomic E-state index is 0.107. The van der Waals surface area contributed by atoms with E-state index in [1.807, 2.05) is 6.07 Å². The summed E-state index contributed by atoms with van der Waals surface area (Å²) in [5, 5.41) is 23.5. The number of primary amides is 1. The van der Waals surface area contributed by atoms with E-state index in [1.54, 1.807) is 91.8 Å². The van der Waals surface area contributed by atoms with Gasteiger partial charge in [0.25, 0.3) is 0 Å². The van der Waals surface area contributed by atoms with E-state index in [-0.39, 0.29) is 35.4 Å². The molecule has 6 aromatic heterocycles. The number of pyridine rings is 2. The lowest BCUT2D eigenvalue weighted by atomic mass is 10.2. The van der Waals surface area contributed by atoms with Gasteiger partial charge in [-0.15, -0.1) is 10.2 Å². The van der Waals surface area contributed by atoms with Crippen molar-refractivity contribution in [3.63, 3.8) is 0 Å². The number of aromatic nitrogens is 12. The van der Waals surface area contributed by atoms with Crippen molar-refractivity contribution in [3.8, 4) is 23.1 Å². The Morgan fingerprint density at radius 3 is 1.50 bits per heavy atom. The van der Waals surface area contributed by atoms with Gasteiger partial charge in [0.15, 0.2) is 11.6 Å². The number of rotatable bonds is 10. The van der Waals surface area contributed by atoms with E-state index >= 15 is 0 Å². The van der Waals surface area contributed by atoms with Gasteiger partial charge in [0.2, 0.25) is 29.7 Å². The Labute approximate surface area is 339 Å². The number of amides is 1. The summed E-state index contributed by atoms with van der Waals surface area (Å²) in [7, 11) is 2.99. The van der Waals surface area contributed by atoms with Gasteiger partial charge in [-0.2, -0.15) is 19.3 Å². The third-order valence-electron chi connectivity index (χ3n) is 7.87. The standard InChI is InChI=1S/C15H15N7O2.C15H14N6O3.C7H6N4O/c1-24-11-6-5-9(13(16)23)8-10(11)19-15-20-14(17)22(21-15)12-4-2-3-7-18-12;1-24-11-6-5-9(13(22)23)8-10(11)18-15-19-14(16)21(20-15)12-4-2-3-7-17-12;12-7(10-3-1-8-5-10)11-4-2-9-6-11/h2-8H,1H3,(H2,16,23)(H3,17,19,20,21);2-8H,1H3,(H,22,23)(H3,16,18,19,20);1-6H. The monoisotopic (exact) mass is 813 g/mol. The van der Waals surface area contributed by atoms with E-state index in [9.17, 15) is 14.4 Å². The summed E-state index contributed by atoms with van der Waals surface area (Å²) >= 11 is 0. The van der Waals surface area contributed by atoms with E-state index in [0.717, 1.165) is 0 Å². The van der Waals surface area contributed by atoms with E-state index < -0.39 is 11.9 Å². The SMILES string of the molecule is COc1ccc(C(=O)O)cc1Nc1nc(N)n(-c2ccccn2)n1.COc1ccc(C(N)=O)cc1Nc1nc(N)n(-c2ccccn2)n1.O=C(n1ccnc1)n1ccnc1. The highest BCUT2D eigenvalue weighted by Gasteiger charge is 2.15. The largest absolute Gasteiger partial charge is 0.495 e. The number of nitrogens with one attached hydrogen (secondary N) is 2. The Kier molecular flexibility index (Phi) is 12.6. The minimum atomic E-state index is -1.05. The first-order valence-corrected chi connectivity index (χ1v) is 17.3. The fraction of sp³-hybridized carbons (Fsp3) is 0.0541. The van der Waals surface area contributed by atoms with Gasteiger partial charge in [-0.25, -0.2) is 29.5 Å². The lowest BCUT2D eigenvalue weighted by molar-refractivity contribution is 0.0696. The average Bonchev–Trinajstić information content (AvgIpc) is 4.11. The lowest BCUT2D eigenvalue weighted by Gasteiger charge is -2.09. The Balaban J connectivity index is 0.000000159. The molecule has 0 radical (unpaired) electrons. The van der Waals surface area contributed by atoms with Crippen molar-refractivity contribution in [2.24, 2.45) is 5.73 Å². The van der Waals surface area contributed by atoms with Crippen molar-refractivity contribution >= 4 is 53.1 Å². The maximum Gasteiger partial charge on any atom is 0.338 e. The molecule has 0 aliphatic rings. The summed E-state index contributed by atoms with van der Waals surface area (Å²) < 4.78 is 16.0. The molecule has 1 amide bonds. The molecule has 0 spiro atoms. The first kappa shape index (κ1) is 40.5. The molecule has 0 saturated carbocycles. The number of aromatic carboxylic acids is 1. The van der Waals surface area contributed by atoms with E-state index in [2.05, 4.69) is 50.7 Å². The molecule has 0 fully saturated rings. The number of carbonyl (C=O) groups excluding carboxylic acids is 2. The molecule has 0 aliphatic carbocycles. The molecule has 0 atom stereocenters. The molecule has 8 aromatic rings. The zero-order chi connectivity index (χ0) is 42.6. The van der Waals surface area contributed by atoms with Gasteiger partial charge < -0.3 is 42.4 Å². The second-order valence-corrected chi connectivity index (χ2v) is 11.8. The number of methoxy groups -OCH3 is 2. The molecule has 60 heavy (non-hydrogen) atoms. The van der Waals surface area contributed by atoms with Gasteiger partial charge in [0, 0.05) is 42.7 Å². The summed E-state index contributed by atoms with van der Waals surface area (Å²) in [5.41, 5.74) is 18.4. The number of benzene rings is 2. The zero-order valence-corrected chi connectivity index (χ0v) is 31.6. The molecule has 0 aliphatic heterocycles. The third-order valence-corrected chi connectivity index (χ3v) is 7.87. The Morgan fingerprint density at radius 2 is 1.12 bits per heavy atom. The average molecular weight is 814 g/mol. The van der Waals surface area contributed by atoms with Crippen LogP contribution in [-0.2, 0) is 0 Å². The zero-order valence-electron chi connectivity index (χ0n) is 31.6. The van der Waals surface area contributed by atoms with E-state index in [4.69, 9.17) is 31.8 Å². The molecule has 23 nitrogen and oxygen atoms in total. The number of anilines is 6. The normalized spacial score (nSPS) is 10.3. The molecule has 2 aromatic carbocycles. The molecule has 8 rings (SSSR count). The maximum atomic E-state index is 11.4. The van der Waals surface area contributed by atoms with Gasteiger partial charge in [-0.05, 0) is 60.7 Å². The molecular formula is C37H35N17O6. The molecule has 23 heteroatoms. The van der Waals surface area contributed by atoms with E-state index in [1.165, 1.54) is 57.5 Å². The summed E-state index contributed by atoms with van der Waals surface area (Å²) in [6.07, 6.45) is 12.4. The molecule has 0 saturated heterocycles. The van der Waals surface area contributed by atoms with Crippen LogP contribution in [-0.4, -0.2) is 95.8 Å². The van der Waals surface area contributed by atoms with Crippen LogP contribution in [0.5, 0.6) is 11.5 Å². The number of carbonyl (C=O) groups is 3. The number of nitrogen functional groups attached to an aromatic ring is 2. The van der Waals surface area contributed by atoms with Gasteiger partial charge in [-0.1, -0.05) is 12.1 Å². The minimum Gasteiger partial charge on any atom is -0.495 e. The van der Waals surface area contributed by atoms with Gasteiger partial charge >= 0.3 is 12.0 Å². The Bertz CT molecular complexity index is 2500. The predicted molar refractivity (Wildman–Crippen MR) is 216 cm³/mol. The number of carboxylic acid groups (broad SMARTS) is 1. The molecule has 0 bridgehead atoms. The summed E-state index contributed by atoms with van der Waals surface area (Å²) in [5.74, 6) is 1.15. The first-order valence-electron chi connectivity index (χ1n) is 17.3. The van der Waals surface area contributed by atoms with Crippen molar-refractivity contribution in [2.75, 3.05) is 36.3 Å². The van der Waals surface area contributed by atoms with Crippen LogP contribution >= 0.6 is 0 Å². The summed E-state index contributed by atoms with van der Waals surface area (Å²) in [6.45, 7) is 0. The second kappa shape index (κ2) is 18.7. The van der Waals surface area contributed by atoms with Crippen LogP contribution in [0.15, 0.2) is 123 Å². The lowest BCUT2D eigenvalue weighted by Crippen LogP contribution is -2.15. The first-order chi connectivity index (χ1) is 29.0. The maximum absolute atomic E-state index is 11.4. The van der Waals surface area contributed by atoms with Crippen LogP contribution in [0.25, 0.3) is 11.6 Å². The molecule has 0 unspecified atom stereocenters. The van der Waals surface area contributed by atoms with Crippen LogP contribution in [0.4, 0.5) is 40.0 Å². The number of nitrogens with two attached hydrogens (primary N) is 3. The van der Waals surface area contributed by atoms with Crippen molar-refractivity contribution < 1.29 is 29.0 Å². The highest BCUT2D eigenvalue weighted by atomic mass is 16.5.